The molecule has 0 aliphatic carbocycles. The Morgan fingerprint density at radius 1 is 0.963 bits per heavy atom. The quantitative estimate of drug-likeness (QED) is 0.811. The fourth-order valence-electron chi connectivity index (χ4n) is 3.40. The van der Waals surface area contributed by atoms with E-state index in [2.05, 4.69) is 5.43 Å². The highest BCUT2D eigenvalue weighted by molar-refractivity contribution is 7.89. The first kappa shape index (κ1) is 19.8. The molecule has 2 aliphatic heterocycles. The van der Waals surface area contributed by atoms with Crippen molar-refractivity contribution in [2.75, 3.05) is 39.3 Å². The average Bonchev–Trinajstić information content (AvgIpc) is 2.69. The van der Waals surface area contributed by atoms with E-state index in [0.29, 0.717) is 18.7 Å². The minimum absolute atomic E-state index is 0.0524. The molecule has 2 aliphatic rings. The van der Waals surface area contributed by atoms with Crippen molar-refractivity contribution in [3.05, 3.63) is 29.8 Å². The second kappa shape index (κ2) is 8.37. The normalized spacial score (nSPS) is 19.7. The van der Waals surface area contributed by atoms with E-state index >= 15 is 0 Å². The molecule has 27 heavy (non-hydrogen) atoms. The lowest BCUT2D eigenvalue weighted by Gasteiger charge is -2.33. The number of benzene rings is 1. The number of piperidine rings is 1. The van der Waals surface area contributed by atoms with Crippen LogP contribution < -0.4 is 5.43 Å². The predicted molar refractivity (Wildman–Crippen MR) is 100 cm³/mol. The maximum absolute atomic E-state index is 12.9. The van der Waals surface area contributed by atoms with Gasteiger partial charge < -0.3 is 4.90 Å². The minimum atomic E-state index is -3.70. The Labute approximate surface area is 160 Å². The van der Waals surface area contributed by atoms with Crippen molar-refractivity contribution in [3.8, 4) is 0 Å². The standard InChI is InChI=1S/C18H26N4O4S/c1-15(23)20-10-12-22(13-11-20)27(25,26)17-7-5-6-16(14-17)18(24)19-21-8-3-2-4-9-21/h5-7,14H,2-4,8-13H2,1H3,(H,19,24). The topological polar surface area (TPSA) is 90.0 Å². The molecule has 2 fully saturated rings. The molecule has 3 rings (SSSR count). The van der Waals surface area contributed by atoms with Crippen molar-refractivity contribution in [1.29, 1.82) is 0 Å². The van der Waals surface area contributed by atoms with Gasteiger partial charge in [-0.25, -0.2) is 13.4 Å². The Hall–Kier alpha value is -1.97. The molecule has 9 heteroatoms. The molecule has 8 nitrogen and oxygen atoms in total. The number of piperazine rings is 1. The number of carbonyl (C=O) groups is 2. The van der Waals surface area contributed by atoms with Crippen LogP contribution in [-0.4, -0.2) is 73.7 Å². The Kier molecular flexibility index (Phi) is 6.13. The Morgan fingerprint density at radius 3 is 2.26 bits per heavy atom. The molecule has 1 aromatic carbocycles. The van der Waals surface area contributed by atoms with Gasteiger partial charge in [0.1, 0.15) is 0 Å². The second-order valence-corrected chi connectivity index (χ2v) is 8.86. The van der Waals surface area contributed by atoms with E-state index < -0.39 is 10.0 Å². The van der Waals surface area contributed by atoms with E-state index in [-0.39, 0.29) is 29.8 Å². The summed E-state index contributed by atoms with van der Waals surface area (Å²) in [7, 11) is -3.70. The lowest BCUT2D eigenvalue weighted by Crippen LogP contribution is -2.50. The van der Waals surface area contributed by atoms with Crippen LogP contribution in [0.2, 0.25) is 0 Å². The summed E-state index contributed by atoms with van der Waals surface area (Å²) < 4.78 is 27.2. The highest BCUT2D eigenvalue weighted by Crippen LogP contribution is 2.19. The zero-order valence-electron chi connectivity index (χ0n) is 15.6. The zero-order chi connectivity index (χ0) is 19.4. The minimum Gasteiger partial charge on any atom is -0.340 e. The number of nitrogens with one attached hydrogen (secondary N) is 1. The van der Waals surface area contributed by atoms with Crippen molar-refractivity contribution >= 4 is 21.8 Å². The SMILES string of the molecule is CC(=O)N1CCN(S(=O)(=O)c2cccc(C(=O)NN3CCCCC3)c2)CC1. The third kappa shape index (κ3) is 4.66. The summed E-state index contributed by atoms with van der Waals surface area (Å²) in [6.45, 7) is 4.37. The van der Waals surface area contributed by atoms with Crippen molar-refractivity contribution in [2.45, 2.75) is 31.1 Å². The number of hydrogen-bond donors (Lipinski definition) is 1. The molecular weight excluding hydrogens is 368 g/mol. The number of rotatable bonds is 4. The van der Waals surface area contributed by atoms with Crippen LogP contribution in [-0.2, 0) is 14.8 Å². The van der Waals surface area contributed by atoms with Crippen molar-refractivity contribution in [1.82, 2.24) is 19.6 Å². The van der Waals surface area contributed by atoms with Gasteiger partial charge in [-0.3, -0.25) is 15.0 Å². The fraction of sp³-hybridized carbons (Fsp3) is 0.556. The highest BCUT2D eigenvalue weighted by Gasteiger charge is 2.29. The number of carbonyl (C=O) groups excluding carboxylic acids is 2. The van der Waals surface area contributed by atoms with Gasteiger partial charge in [-0.15, -0.1) is 0 Å². The van der Waals surface area contributed by atoms with Gasteiger partial charge in [0.25, 0.3) is 5.91 Å². The number of nitrogens with zero attached hydrogens (tertiary/aromatic N) is 3. The summed E-state index contributed by atoms with van der Waals surface area (Å²) in [5.41, 5.74) is 3.18. The number of hydrazine groups is 1. The summed E-state index contributed by atoms with van der Waals surface area (Å²) in [6.07, 6.45) is 3.25. The van der Waals surface area contributed by atoms with Gasteiger partial charge in [-0.05, 0) is 31.0 Å². The van der Waals surface area contributed by atoms with Crippen molar-refractivity contribution < 1.29 is 18.0 Å². The van der Waals surface area contributed by atoms with Crippen LogP contribution in [0.1, 0.15) is 36.5 Å². The van der Waals surface area contributed by atoms with E-state index in [1.54, 1.807) is 17.0 Å². The first-order chi connectivity index (χ1) is 12.9. The Morgan fingerprint density at radius 2 is 1.63 bits per heavy atom. The van der Waals surface area contributed by atoms with E-state index in [1.807, 2.05) is 5.01 Å². The van der Waals surface area contributed by atoms with Crippen LogP contribution in [0, 0.1) is 0 Å². The fourth-order valence-corrected chi connectivity index (χ4v) is 4.87. The average molecular weight is 394 g/mol. The van der Waals surface area contributed by atoms with Gasteiger partial charge in [0.15, 0.2) is 0 Å². The van der Waals surface area contributed by atoms with Crippen molar-refractivity contribution in [3.63, 3.8) is 0 Å². The van der Waals surface area contributed by atoms with Gasteiger partial charge in [0.05, 0.1) is 4.90 Å². The third-order valence-corrected chi connectivity index (χ3v) is 6.93. The molecule has 0 saturated carbocycles. The molecule has 0 spiro atoms. The van der Waals surface area contributed by atoms with E-state index in [4.69, 9.17) is 0 Å². The second-order valence-electron chi connectivity index (χ2n) is 6.93. The van der Waals surface area contributed by atoms with Crippen LogP contribution in [0.15, 0.2) is 29.2 Å². The third-order valence-electron chi connectivity index (χ3n) is 5.03. The summed E-state index contributed by atoms with van der Waals surface area (Å²) in [5.74, 6) is -0.348. The van der Waals surface area contributed by atoms with Gasteiger partial charge in [0, 0.05) is 51.8 Å². The molecule has 2 amide bonds. The molecule has 148 valence electrons. The maximum Gasteiger partial charge on any atom is 0.265 e. The van der Waals surface area contributed by atoms with Crippen LogP contribution in [0.3, 0.4) is 0 Å². The van der Waals surface area contributed by atoms with Gasteiger partial charge in [-0.1, -0.05) is 12.5 Å². The van der Waals surface area contributed by atoms with E-state index in [1.165, 1.54) is 23.4 Å². The maximum atomic E-state index is 12.9. The van der Waals surface area contributed by atoms with Crippen LogP contribution >= 0.6 is 0 Å². The predicted octanol–water partition coefficient (Wildman–Crippen LogP) is 0.670. The lowest BCUT2D eigenvalue weighted by atomic mass is 10.1. The monoisotopic (exact) mass is 394 g/mol. The number of amides is 2. The van der Waals surface area contributed by atoms with Gasteiger partial charge in [-0.2, -0.15) is 4.31 Å². The molecule has 0 aromatic heterocycles. The zero-order valence-corrected chi connectivity index (χ0v) is 16.4. The first-order valence-corrected chi connectivity index (χ1v) is 10.7. The Balaban J connectivity index is 1.70. The largest absolute Gasteiger partial charge is 0.340 e. The number of hydrogen-bond acceptors (Lipinski definition) is 5. The van der Waals surface area contributed by atoms with E-state index in [0.717, 1.165) is 32.4 Å². The molecule has 2 saturated heterocycles. The summed E-state index contributed by atoms with van der Waals surface area (Å²) in [6, 6.07) is 6.13. The summed E-state index contributed by atoms with van der Waals surface area (Å²) >= 11 is 0. The van der Waals surface area contributed by atoms with Crippen LogP contribution in [0.5, 0.6) is 0 Å². The smallest absolute Gasteiger partial charge is 0.265 e. The molecule has 1 aromatic rings. The molecule has 0 unspecified atom stereocenters. The van der Waals surface area contributed by atoms with Gasteiger partial charge in [0.2, 0.25) is 15.9 Å². The highest BCUT2D eigenvalue weighted by atomic mass is 32.2. The van der Waals surface area contributed by atoms with E-state index in [9.17, 15) is 18.0 Å². The molecule has 1 N–H and O–H groups in total. The van der Waals surface area contributed by atoms with Crippen LogP contribution in [0.4, 0.5) is 0 Å². The molecule has 0 bridgehead atoms. The lowest BCUT2D eigenvalue weighted by molar-refractivity contribution is -0.129. The molecule has 2 heterocycles. The molecule has 0 atom stereocenters. The first-order valence-electron chi connectivity index (χ1n) is 9.29. The summed E-state index contributed by atoms with van der Waals surface area (Å²) in [5, 5.41) is 1.88. The van der Waals surface area contributed by atoms with Gasteiger partial charge >= 0.3 is 0 Å². The summed E-state index contributed by atoms with van der Waals surface area (Å²) in [4.78, 5) is 25.6. The van der Waals surface area contributed by atoms with Crippen LogP contribution in [0.25, 0.3) is 0 Å². The number of sulfonamides is 1. The molecule has 0 radical (unpaired) electrons. The van der Waals surface area contributed by atoms with Crippen molar-refractivity contribution in [2.24, 2.45) is 0 Å². The molecular formula is C18H26N4O4S. The Bertz CT molecular complexity index is 797.